The van der Waals surface area contributed by atoms with Crippen molar-refractivity contribution in [3.8, 4) is 0 Å². The number of aromatic nitrogens is 4. The van der Waals surface area contributed by atoms with E-state index in [0.29, 0.717) is 24.2 Å². The van der Waals surface area contributed by atoms with Crippen LogP contribution in [0, 0.1) is 0 Å². The summed E-state index contributed by atoms with van der Waals surface area (Å²) in [6.45, 7) is 0.457. The van der Waals surface area contributed by atoms with Crippen molar-refractivity contribution in [3.05, 3.63) is 78.4 Å². The molecule has 0 radical (unpaired) electrons. The maximum atomic E-state index is 12.5. The van der Waals surface area contributed by atoms with Gasteiger partial charge in [0, 0.05) is 60.7 Å². The van der Waals surface area contributed by atoms with Crippen LogP contribution < -0.4 is 21.7 Å². The first-order chi connectivity index (χ1) is 16.6. The Morgan fingerprint density at radius 3 is 2.56 bits per heavy atom. The zero-order valence-corrected chi connectivity index (χ0v) is 18.8. The minimum atomic E-state index is -0.124. The van der Waals surface area contributed by atoms with Crippen LogP contribution in [0.15, 0.2) is 67.3 Å². The number of nitrogens with zero attached hydrogens (tertiary/aromatic N) is 4. The number of imidazole rings is 1. The van der Waals surface area contributed by atoms with Crippen molar-refractivity contribution in [2.45, 2.75) is 44.3 Å². The first kappa shape index (κ1) is 21.8. The summed E-state index contributed by atoms with van der Waals surface area (Å²) in [6, 6.07) is 13.8. The summed E-state index contributed by atoms with van der Waals surface area (Å²) in [4.78, 5) is 20.9. The molecule has 9 heteroatoms. The molecule has 174 valence electrons. The molecule has 1 amide bonds. The normalized spacial score (nSPS) is 17.9. The fourth-order valence-corrected chi connectivity index (χ4v) is 4.20. The van der Waals surface area contributed by atoms with E-state index in [9.17, 15) is 4.79 Å². The van der Waals surface area contributed by atoms with Crippen LogP contribution in [0.3, 0.4) is 0 Å². The highest BCUT2D eigenvalue weighted by Gasteiger charge is 2.19. The van der Waals surface area contributed by atoms with E-state index in [1.807, 2.05) is 36.5 Å². The van der Waals surface area contributed by atoms with Crippen molar-refractivity contribution < 1.29 is 4.79 Å². The zero-order valence-electron chi connectivity index (χ0n) is 18.8. The van der Waals surface area contributed by atoms with E-state index in [1.54, 1.807) is 35.2 Å². The number of pyridine rings is 1. The van der Waals surface area contributed by atoms with Gasteiger partial charge in [-0.2, -0.15) is 0 Å². The van der Waals surface area contributed by atoms with Crippen LogP contribution in [0.2, 0.25) is 0 Å². The van der Waals surface area contributed by atoms with Gasteiger partial charge in [0.25, 0.3) is 5.91 Å². The molecule has 0 bridgehead atoms. The summed E-state index contributed by atoms with van der Waals surface area (Å²) in [7, 11) is 0. The molecule has 5 N–H and O–H groups in total. The number of nitrogens with two attached hydrogens (primary N) is 1. The van der Waals surface area contributed by atoms with Gasteiger partial charge in [0.05, 0.1) is 5.69 Å². The van der Waals surface area contributed by atoms with E-state index in [-0.39, 0.29) is 5.91 Å². The maximum absolute atomic E-state index is 12.5. The Morgan fingerprint density at radius 1 is 1.03 bits per heavy atom. The van der Waals surface area contributed by atoms with Gasteiger partial charge < -0.3 is 21.7 Å². The van der Waals surface area contributed by atoms with Crippen molar-refractivity contribution in [2.24, 2.45) is 5.73 Å². The Bertz CT molecular complexity index is 1250. The molecule has 3 aromatic heterocycles. The monoisotopic (exact) mass is 456 g/mol. The standard InChI is InChI=1S/C25H28N8O/c26-19-3-7-21(8-4-19)31-23-15-22(24-28-13-14-33(24)32-23)30-20-5-1-18(2-6-20)25(34)29-16-17-9-11-27-12-10-17/h1-2,5-6,9-15,19,21,30H,3-4,7-8,16,26H2,(H,29,34)(H,31,32)/t19-,21-. The van der Waals surface area contributed by atoms with Crippen molar-refractivity contribution >= 4 is 28.7 Å². The van der Waals surface area contributed by atoms with Crippen LogP contribution in [0.4, 0.5) is 17.2 Å². The molecule has 3 heterocycles. The summed E-state index contributed by atoms with van der Waals surface area (Å²) in [5, 5.41) is 14.5. The predicted octanol–water partition coefficient (Wildman–Crippen LogP) is 3.48. The average Bonchev–Trinajstić information content (AvgIpc) is 3.34. The fourth-order valence-electron chi connectivity index (χ4n) is 4.20. The second-order valence-corrected chi connectivity index (χ2v) is 8.64. The van der Waals surface area contributed by atoms with Gasteiger partial charge in [-0.25, -0.2) is 9.50 Å². The number of rotatable bonds is 7. The molecule has 0 saturated heterocycles. The van der Waals surface area contributed by atoms with Crippen LogP contribution in [0.25, 0.3) is 5.65 Å². The number of carbonyl (C=O) groups is 1. The van der Waals surface area contributed by atoms with Crippen LogP contribution in [0.1, 0.15) is 41.6 Å². The molecule has 1 saturated carbocycles. The van der Waals surface area contributed by atoms with Gasteiger partial charge in [0.1, 0.15) is 5.82 Å². The van der Waals surface area contributed by atoms with E-state index in [0.717, 1.165) is 54.1 Å². The van der Waals surface area contributed by atoms with Crippen molar-refractivity contribution in [1.29, 1.82) is 0 Å². The lowest BCUT2D eigenvalue weighted by Gasteiger charge is -2.27. The third-order valence-corrected chi connectivity index (χ3v) is 6.11. The summed E-state index contributed by atoms with van der Waals surface area (Å²) in [5.74, 6) is 0.669. The topological polar surface area (TPSA) is 122 Å². The van der Waals surface area contributed by atoms with Crippen molar-refractivity contribution in [1.82, 2.24) is 24.9 Å². The van der Waals surface area contributed by atoms with E-state index in [1.165, 1.54) is 0 Å². The Kier molecular flexibility index (Phi) is 6.35. The fraction of sp³-hybridized carbons (Fsp3) is 0.280. The summed E-state index contributed by atoms with van der Waals surface area (Å²) >= 11 is 0. The SMILES string of the molecule is N[C@H]1CC[C@H](Nc2cc(Nc3ccc(C(=O)NCc4ccncc4)cc3)c3nccn3n2)CC1. The minimum absolute atomic E-state index is 0.124. The Hall–Kier alpha value is -3.98. The molecular formula is C25H28N8O. The van der Waals surface area contributed by atoms with Gasteiger partial charge in [0.2, 0.25) is 0 Å². The van der Waals surface area contributed by atoms with Gasteiger partial charge in [-0.05, 0) is 67.6 Å². The van der Waals surface area contributed by atoms with Crippen molar-refractivity contribution in [2.75, 3.05) is 10.6 Å². The molecule has 0 aliphatic heterocycles. The molecule has 1 aliphatic carbocycles. The van der Waals surface area contributed by atoms with Crippen LogP contribution in [-0.2, 0) is 6.54 Å². The van der Waals surface area contributed by atoms with Gasteiger partial charge in [0.15, 0.2) is 5.65 Å². The van der Waals surface area contributed by atoms with Gasteiger partial charge >= 0.3 is 0 Å². The first-order valence-corrected chi connectivity index (χ1v) is 11.5. The molecule has 0 unspecified atom stereocenters. The molecule has 34 heavy (non-hydrogen) atoms. The van der Waals surface area contributed by atoms with Gasteiger partial charge in [-0.1, -0.05) is 0 Å². The van der Waals surface area contributed by atoms with Crippen molar-refractivity contribution in [3.63, 3.8) is 0 Å². The number of nitrogens with one attached hydrogen (secondary N) is 3. The van der Waals surface area contributed by atoms with Gasteiger partial charge in [-0.15, -0.1) is 5.10 Å². The smallest absolute Gasteiger partial charge is 0.251 e. The maximum Gasteiger partial charge on any atom is 0.251 e. The van der Waals surface area contributed by atoms with Crippen LogP contribution >= 0.6 is 0 Å². The molecule has 0 atom stereocenters. The number of amides is 1. The molecule has 9 nitrogen and oxygen atoms in total. The average molecular weight is 457 g/mol. The zero-order chi connectivity index (χ0) is 23.3. The number of anilines is 3. The van der Waals surface area contributed by atoms with Crippen LogP contribution in [-0.4, -0.2) is 37.6 Å². The van der Waals surface area contributed by atoms with Gasteiger partial charge in [-0.3, -0.25) is 9.78 Å². The lowest BCUT2D eigenvalue weighted by Crippen LogP contribution is -2.33. The summed E-state index contributed by atoms with van der Waals surface area (Å²) in [6.07, 6.45) is 11.1. The largest absolute Gasteiger partial charge is 0.366 e. The quantitative estimate of drug-likeness (QED) is 0.336. The number of fused-ring (bicyclic) bond motifs is 1. The predicted molar refractivity (Wildman–Crippen MR) is 132 cm³/mol. The molecule has 0 spiro atoms. The Morgan fingerprint density at radius 2 is 1.79 bits per heavy atom. The third-order valence-electron chi connectivity index (χ3n) is 6.11. The molecule has 1 aliphatic rings. The number of benzene rings is 1. The highest BCUT2D eigenvalue weighted by Crippen LogP contribution is 2.26. The van der Waals surface area contributed by atoms with Crippen LogP contribution in [0.5, 0.6) is 0 Å². The first-order valence-electron chi connectivity index (χ1n) is 11.5. The second-order valence-electron chi connectivity index (χ2n) is 8.64. The summed E-state index contributed by atoms with van der Waals surface area (Å²) < 4.78 is 1.76. The molecule has 4 aromatic rings. The number of carbonyl (C=O) groups excluding carboxylic acids is 1. The Balaban J connectivity index is 1.27. The lowest BCUT2D eigenvalue weighted by molar-refractivity contribution is 0.0951. The molecule has 1 aromatic carbocycles. The molecule has 1 fully saturated rings. The summed E-state index contributed by atoms with van der Waals surface area (Å²) in [5.41, 5.74) is 10.1. The molecular weight excluding hydrogens is 428 g/mol. The Labute approximate surface area is 197 Å². The van der Waals surface area contributed by atoms with E-state index >= 15 is 0 Å². The van der Waals surface area contributed by atoms with E-state index in [2.05, 4.69) is 31.0 Å². The van der Waals surface area contributed by atoms with E-state index < -0.39 is 0 Å². The minimum Gasteiger partial charge on any atom is -0.366 e. The van der Waals surface area contributed by atoms with E-state index in [4.69, 9.17) is 5.73 Å². The third kappa shape index (κ3) is 5.15. The highest BCUT2D eigenvalue weighted by molar-refractivity contribution is 5.94. The number of hydrogen-bond donors (Lipinski definition) is 4. The number of hydrogen-bond acceptors (Lipinski definition) is 7. The molecule has 5 rings (SSSR count). The lowest BCUT2D eigenvalue weighted by atomic mass is 9.92. The second kappa shape index (κ2) is 9.88. The highest BCUT2D eigenvalue weighted by atomic mass is 16.1.